The lowest BCUT2D eigenvalue weighted by Crippen LogP contribution is -2.38. The largest absolute Gasteiger partial charge is 0.385 e. The van der Waals surface area contributed by atoms with Crippen molar-refractivity contribution in [3.8, 4) is 0 Å². The van der Waals surface area contributed by atoms with Gasteiger partial charge >= 0.3 is 0 Å². The Morgan fingerprint density at radius 2 is 2.03 bits per heavy atom. The fourth-order valence-corrected chi connectivity index (χ4v) is 3.69. The molecule has 184 valence electrons. The van der Waals surface area contributed by atoms with Crippen molar-refractivity contribution in [2.45, 2.75) is 38.8 Å². The summed E-state index contributed by atoms with van der Waals surface area (Å²) in [5, 5.41) is 14.9. The second-order valence-electron chi connectivity index (χ2n) is 8.20. The van der Waals surface area contributed by atoms with Crippen LogP contribution in [0.15, 0.2) is 24.3 Å². The molecule has 0 saturated carbocycles. The molecule has 0 aliphatic heterocycles. The van der Waals surface area contributed by atoms with Crippen molar-refractivity contribution in [3.05, 3.63) is 35.6 Å². The van der Waals surface area contributed by atoms with Gasteiger partial charge in [0.25, 0.3) is 5.91 Å². The third-order valence-electron chi connectivity index (χ3n) is 5.57. The van der Waals surface area contributed by atoms with Gasteiger partial charge in [-0.25, -0.2) is 9.37 Å². The Bertz CT molecular complexity index is 1150. The monoisotopic (exact) mass is 472 g/mol. The predicted molar refractivity (Wildman–Crippen MR) is 133 cm³/mol. The standard InChI is InChI=1S/C23H33FN8O2/c1-5-18(13(2)25)29-23-17(24)12-16(20(26)33)22(30-23)28-14-7-8-19-15(11-14)21(31-32(19)3)27-9-6-10-34-4/h7-8,11-13,18H,5-6,9-10,25H2,1-4H3,(H2,26,33)(H,27,31)(H2,28,29,30)/t13-,18+/m0/s1. The molecule has 0 aliphatic rings. The first kappa shape index (κ1) is 25.2. The molecule has 2 heterocycles. The first-order valence-corrected chi connectivity index (χ1v) is 11.2. The number of carbonyl (C=O) groups is 1. The van der Waals surface area contributed by atoms with Crippen LogP contribution in [0, 0.1) is 5.82 Å². The molecule has 34 heavy (non-hydrogen) atoms. The number of nitrogens with one attached hydrogen (secondary N) is 3. The molecule has 3 rings (SSSR count). The first-order chi connectivity index (χ1) is 16.2. The number of hydrogen-bond donors (Lipinski definition) is 5. The minimum absolute atomic E-state index is 0.000366. The lowest BCUT2D eigenvalue weighted by atomic mass is 10.1. The summed E-state index contributed by atoms with van der Waals surface area (Å²) < 4.78 is 21.6. The maximum Gasteiger partial charge on any atom is 0.252 e. The van der Waals surface area contributed by atoms with E-state index in [1.165, 1.54) is 0 Å². The van der Waals surface area contributed by atoms with Crippen molar-refractivity contribution >= 4 is 40.0 Å². The number of nitrogens with zero attached hydrogens (tertiary/aromatic N) is 3. The number of aromatic nitrogens is 3. The zero-order valence-electron chi connectivity index (χ0n) is 20.0. The molecule has 0 fully saturated rings. The Morgan fingerprint density at radius 1 is 1.26 bits per heavy atom. The average molecular weight is 473 g/mol. The molecule has 0 unspecified atom stereocenters. The van der Waals surface area contributed by atoms with Crippen LogP contribution in [0.1, 0.15) is 37.0 Å². The van der Waals surface area contributed by atoms with Crippen LogP contribution in [0.5, 0.6) is 0 Å². The van der Waals surface area contributed by atoms with E-state index in [1.54, 1.807) is 11.8 Å². The number of anilines is 4. The molecular formula is C23H33FN8O2. The van der Waals surface area contributed by atoms with Crippen molar-refractivity contribution in [1.29, 1.82) is 0 Å². The zero-order valence-corrected chi connectivity index (χ0v) is 20.0. The van der Waals surface area contributed by atoms with Gasteiger partial charge in [-0.1, -0.05) is 6.92 Å². The third kappa shape index (κ3) is 5.72. The number of rotatable bonds is 12. The summed E-state index contributed by atoms with van der Waals surface area (Å²) >= 11 is 0. The second kappa shape index (κ2) is 11.1. The molecule has 3 aromatic rings. The number of carbonyl (C=O) groups excluding carboxylic acids is 1. The number of methoxy groups -OCH3 is 1. The van der Waals surface area contributed by atoms with Crippen molar-refractivity contribution in [2.24, 2.45) is 18.5 Å². The number of aryl methyl sites for hydroxylation is 1. The van der Waals surface area contributed by atoms with E-state index >= 15 is 0 Å². The van der Waals surface area contributed by atoms with E-state index in [0.717, 1.165) is 29.2 Å². The van der Waals surface area contributed by atoms with Crippen LogP contribution in [0.2, 0.25) is 0 Å². The third-order valence-corrected chi connectivity index (χ3v) is 5.57. The molecule has 0 spiro atoms. The van der Waals surface area contributed by atoms with Crippen LogP contribution in [0.3, 0.4) is 0 Å². The van der Waals surface area contributed by atoms with Crippen LogP contribution in [0.4, 0.5) is 27.5 Å². The summed E-state index contributed by atoms with van der Waals surface area (Å²) in [5.41, 5.74) is 13.0. The fourth-order valence-electron chi connectivity index (χ4n) is 3.69. The van der Waals surface area contributed by atoms with Crippen molar-refractivity contribution in [1.82, 2.24) is 14.8 Å². The zero-order chi connectivity index (χ0) is 24.8. The fraction of sp³-hybridized carbons (Fsp3) is 0.435. The van der Waals surface area contributed by atoms with Gasteiger partial charge in [0.15, 0.2) is 17.5 Å². The molecule has 1 amide bonds. The maximum absolute atomic E-state index is 14.7. The van der Waals surface area contributed by atoms with Gasteiger partial charge in [-0.3, -0.25) is 9.48 Å². The molecule has 2 atom stereocenters. The number of primary amides is 1. The van der Waals surface area contributed by atoms with E-state index < -0.39 is 11.7 Å². The van der Waals surface area contributed by atoms with Gasteiger partial charge < -0.3 is 32.2 Å². The van der Waals surface area contributed by atoms with E-state index in [4.69, 9.17) is 16.2 Å². The molecule has 11 heteroatoms. The van der Waals surface area contributed by atoms with Crippen LogP contribution in [0.25, 0.3) is 10.9 Å². The highest BCUT2D eigenvalue weighted by Crippen LogP contribution is 2.29. The van der Waals surface area contributed by atoms with Gasteiger partial charge in [0, 0.05) is 50.5 Å². The van der Waals surface area contributed by atoms with E-state index in [2.05, 4.69) is 26.0 Å². The summed E-state index contributed by atoms with van der Waals surface area (Å²) in [7, 11) is 3.53. The van der Waals surface area contributed by atoms with Gasteiger partial charge in [0.1, 0.15) is 5.82 Å². The molecule has 0 bridgehead atoms. The summed E-state index contributed by atoms with van der Waals surface area (Å²) in [6, 6.07) is 6.30. The Hall–Kier alpha value is -3.44. The van der Waals surface area contributed by atoms with E-state index in [-0.39, 0.29) is 29.3 Å². The lowest BCUT2D eigenvalue weighted by Gasteiger charge is -2.22. The number of nitrogens with two attached hydrogens (primary N) is 2. The van der Waals surface area contributed by atoms with Crippen molar-refractivity contribution in [2.75, 3.05) is 36.2 Å². The molecule has 1 aromatic carbocycles. The topological polar surface area (TPSA) is 145 Å². The molecule has 0 aliphatic carbocycles. The smallest absolute Gasteiger partial charge is 0.252 e. The summed E-state index contributed by atoms with van der Waals surface area (Å²) in [6.07, 6.45) is 1.51. The van der Waals surface area contributed by atoms with Crippen LogP contribution >= 0.6 is 0 Å². The van der Waals surface area contributed by atoms with Gasteiger partial charge in [-0.15, -0.1) is 0 Å². The second-order valence-corrected chi connectivity index (χ2v) is 8.20. The van der Waals surface area contributed by atoms with Gasteiger partial charge in [0.2, 0.25) is 0 Å². The highest BCUT2D eigenvalue weighted by molar-refractivity contribution is 5.99. The Labute approximate surface area is 198 Å². The molecular weight excluding hydrogens is 439 g/mol. The number of pyridine rings is 1. The van der Waals surface area contributed by atoms with E-state index in [0.29, 0.717) is 25.3 Å². The average Bonchev–Trinajstić information content (AvgIpc) is 3.11. The van der Waals surface area contributed by atoms with Crippen LogP contribution in [-0.4, -0.2) is 53.0 Å². The van der Waals surface area contributed by atoms with Crippen molar-refractivity contribution < 1.29 is 13.9 Å². The van der Waals surface area contributed by atoms with Crippen molar-refractivity contribution in [3.63, 3.8) is 0 Å². The number of amides is 1. The summed E-state index contributed by atoms with van der Waals surface area (Å²) in [4.78, 5) is 16.3. The predicted octanol–water partition coefficient (Wildman–Crippen LogP) is 2.94. The maximum atomic E-state index is 14.7. The SMILES string of the molecule is CC[C@@H](Nc1nc(Nc2ccc3c(c2)c(NCCCOC)nn3C)c(C(N)=O)cc1F)[C@H](C)N. The molecule has 0 radical (unpaired) electrons. The quantitative estimate of drug-likeness (QED) is 0.253. The van der Waals surface area contributed by atoms with E-state index in [9.17, 15) is 9.18 Å². The molecule has 0 saturated heterocycles. The number of ether oxygens (including phenoxy) is 1. The Morgan fingerprint density at radius 3 is 2.68 bits per heavy atom. The summed E-state index contributed by atoms with van der Waals surface area (Å²) in [5.74, 6) is -0.593. The lowest BCUT2D eigenvalue weighted by molar-refractivity contribution is 0.100. The van der Waals surface area contributed by atoms with Gasteiger partial charge in [-0.2, -0.15) is 5.10 Å². The number of halogens is 1. The van der Waals surface area contributed by atoms with Gasteiger partial charge in [0.05, 0.1) is 11.1 Å². The number of fused-ring (bicyclic) bond motifs is 1. The van der Waals surface area contributed by atoms with Gasteiger partial charge in [-0.05, 0) is 44.0 Å². The minimum atomic E-state index is -0.789. The molecule has 2 aromatic heterocycles. The minimum Gasteiger partial charge on any atom is -0.385 e. The number of hydrogen-bond acceptors (Lipinski definition) is 8. The van der Waals surface area contributed by atoms with E-state index in [1.807, 2.05) is 39.1 Å². The first-order valence-electron chi connectivity index (χ1n) is 11.2. The Kier molecular flexibility index (Phi) is 8.24. The highest BCUT2D eigenvalue weighted by Gasteiger charge is 2.20. The highest BCUT2D eigenvalue weighted by atomic mass is 19.1. The Balaban J connectivity index is 1.94. The summed E-state index contributed by atoms with van der Waals surface area (Å²) in [6.45, 7) is 5.13. The molecule has 7 N–H and O–H groups in total. The van der Waals surface area contributed by atoms with Crippen LogP contribution in [-0.2, 0) is 11.8 Å². The normalized spacial score (nSPS) is 13.0. The number of benzene rings is 1. The van der Waals surface area contributed by atoms with Crippen LogP contribution < -0.4 is 27.4 Å². The molecule has 10 nitrogen and oxygen atoms in total.